The largest absolute Gasteiger partial charge is 1.00 e. The van der Waals surface area contributed by atoms with Gasteiger partial charge in [-0.1, -0.05) is 13.0 Å². The molecule has 0 radical (unpaired) electrons. The minimum absolute atomic E-state index is 0. The third kappa shape index (κ3) is 6.52. The van der Waals surface area contributed by atoms with Gasteiger partial charge in [-0.3, -0.25) is 4.98 Å². The molecule has 0 aromatic carbocycles. The fourth-order valence-corrected chi connectivity index (χ4v) is 1.01. The third-order valence-corrected chi connectivity index (χ3v) is 1.73. The molecule has 0 aliphatic rings. The maximum atomic E-state index is 11.9. The summed E-state index contributed by atoms with van der Waals surface area (Å²) in [5, 5.41) is 0. The van der Waals surface area contributed by atoms with Gasteiger partial charge in [0.05, 0.1) is 0 Å². The minimum Gasteiger partial charge on any atom is -0.445 e. The molecule has 76 valence electrons. The Bertz CT molecular complexity index is 338. The average molecular weight is 239 g/mol. The summed E-state index contributed by atoms with van der Waals surface area (Å²) in [6, 6.07) is 1.70. The van der Waals surface area contributed by atoms with Crippen LogP contribution >= 0.6 is 0 Å². The van der Waals surface area contributed by atoms with Crippen LogP contribution in [0.2, 0.25) is 0 Å². The number of pyridine rings is 1. The van der Waals surface area contributed by atoms with Crippen molar-refractivity contribution in [1.29, 1.82) is 0 Å². The molecule has 0 aliphatic carbocycles. The maximum Gasteiger partial charge on any atom is 1.00 e. The molecule has 0 bridgehead atoms. The standard InChI is InChI=1S/C9H10BF3N.K/c1-2-8-5-9(7-14-6-8)3-4-10(11,12)13;/h3-7H,2H2,1H3;/q-1;+1/b4-3+;. The van der Waals surface area contributed by atoms with Gasteiger partial charge in [0.25, 0.3) is 0 Å². The van der Waals surface area contributed by atoms with Crippen LogP contribution in [-0.2, 0) is 6.42 Å². The molecule has 0 unspecified atom stereocenters. The van der Waals surface area contributed by atoms with Crippen molar-refractivity contribution in [1.82, 2.24) is 4.98 Å². The molecule has 0 spiro atoms. The van der Waals surface area contributed by atoms with Crippen LogP contribution in [0.15, 0.2) is 24.4 Å². The molecule has 0 atom stereocenters. The van der Waals surface area contributed by atoms with Crippen LogP contribution < -0.4 is 51.4 Å². The summed E-state index contributed by atoms with van der Waals surface area (Å²) in [5.74, 6) is 0.274. The van der Waals surface area contributed by atoms with E-state index in [-0.39, 0.29) is 57.4 Å². The van der Waals surface area contributed by atoms with Gasteiger partial charge in [-0.25, -0.2) is 0 Å². The molecule has 1 aromatic rings. The van der Waals surface area contributed by atoms with E-state index in [1.54, 1.807) is 12.3 Å². The molecule has 15 heavy (non-hydrogen) atoms. The van der Waals surface area contributed by atoms with Gasteiger partial charge < -0.3 is 12.9 Å². The van der Waals surface area contributed by atoms with Gasteiger partial charge in [-0.05, 0) is 23.6 Å². The van der Waals surface area contributed by atoms with Crippen LogP contribution in [0.25, 0.3) is 6.08 Å². The van der Waals surface area contributed by atoms with E-state index in [0.29, 0.717) is 5.56 Å². The molecule has 1 heterocycles. The van der Waals surface area contributed by atoms with Crippen LogP contribution in [0.3, 0.4) is 0 Å². The Hall–Kier alpha value is 0.381. The van der Waals surface area contributed by atoms with Gasteiger partial charge in [0.1, 0.15) is 0 Å². The number of hydrogen-bond donors (Lipinski definition) is 0. The average Bonchev–Trinajstić information content (AvgIpc) is 2.14. The zero-order valence-electron chi connectivity index (χ0n) is 8.75. The molecule has 0 saturated heterocycles. The predicted octanol–water partition coefficient (Wildman–Crippen LogP) is 0.0478. The Morgan fingerprint density at radius 2 is 2.00 bits per heavy atom. The van der Waals surface area contributed by atoms with E-state index in [9.17, 15) is 12.9 Å². The first-order valence-electron chi connectivity index (χ1n) is 4.34. The van der Waals surface area contributed by atoms with E-state index in [1.165, 1.54) is 6.20 Å². The normalized spacial score (nSPS) is 11.5. The van der Waals surface area contributed by atoms with Gasteiger partial charge in [0.15, 0.2) is 0 Å². The first-order valence-corrected chi connectivity index (χ1v) is 4.34. The third-order valence-electron chi connectivity index (χ3n) is 1.73. The molecule has 1 aromatic heterocycles. The molecule has 0 amide bonds. The fourth-order valence-electron chi connectivity index (χ4n) is 1.01. The molecule has 0 saturated carbocycles. The number of nitrogens with zero attached hydrogens (tertiary/aromatic N) is 1. The maximum absolute atomic E-state index is 11.9. The van der Waals surface area contributed by atoms with E-state index in [1.807, 2.05) is 6.92 Å². The number of aromatic nitrogens is 1. The summed E-state index contributed by atoms with van der Waals surface area (Å²) in [4.78, 5) is 3.84. The molecule has 0 aliphatic heterocycles. The van der Waals surface area contributed by atoms with Gasteiger partial charge in [-0.15, -0.1) is 5.98 Å². The summed E-state index contributed by atoms with van der Waals surface area (Å²) in [6.45, 7) is -2.92. The van der Waals surface area contributed by atoms with Crippen LogP contribution in [0.4, 0.5) is 12.9 Å². The molecule has 6 heteroatoms. The number of hydrogen-bond acceptors (Lipinski definition) is 1. The first-order chi connectivity index (χ1) is 6.51. The topological polar surface area (TPSA) is 12.9 Å². The van der Waals surface area contributed by atoms with E-state index in [2.05, 4.69) is 4.98 Å². The number of rotatable bonds is 3. The summed E-state index contributed by atoms with van der Waals surface area (Å²) < 4.78 is 35.6. The van der Waals surface area contributed by atoms with Gasteiger partial charge in [0, 0.05) is 12.4 Å². The predicted molar refractivity (Wildman–Crippen MR) is 51.7 cm³/mol. The zero-order chi connectivity index (χ0) is 10.6. The van der Waals surface area contributed by atoms with Crippen molar-refractivity contribution in [3.05, 3.63) is 35.6 Å². The van der Waals surface area contributed by atoms with Crippen molar-refractivity contribution < 1.29 is 64.3 Å². The molecule has 1 nitrogen and oxygen atoms in total. The van der Waals surface area contributed by atoms with Crippen LogP contribution in [-0.4, -0.2) is 12.0 Å². The molecular formula is C9H10BF3KN. The summed E-state index contributed by atoms with van der Waals surface area (Å²) >= 11 is 0. The summed E-state index contributed by atoms with van der Waals surface area (Å²) in [6.07, 6.45) is 4.88. The molecule has 1 rings (SSSR count). The second kappa shape index (κ2) is 6.86. The van der Waals surface area contributed by atoms with E-state index in [0.717, 1.165) is 18.1 Å². The molecular weight excluding hydrogens is 229 g/mol. The summed E-state index contributed by atoms with van der Waals surface area (Å²) in [7, 11) is 0. The zero-order valence-corrected chi connectivity index (χ0v) is 11.9. The van der Waals surface area contributed by atoms with Gasteiger partial charge in [0.2, 0.25) is 0 Å². The van der Waals surface area contributed by atoms with Crippen LogP contribution in [0, 0.1) is 0 Å². The van der Waals surface area contributed by atoms with Crippen molar-refractivity contribution in [2.75, 3.05) is 0 Å². The molecule has 0 fully saturated rings. The Morgan fingerprint density at radius 3 is 2.53 bits per heavy atom. The number of halogens is 3. The monoisotopic (exact) mass is 239 g/mol. The quantitative estimate of drug-likeness (QED) is 0.679. The Kier molecular flexibility index (Phi) is 7.03. The van der Waals surface area contributed by atoms with Crippen molar-refractivity contribution in [2.45, 2.75) is 13.3 Å². The Labute approximate surface area is 130 Å². The minimum atomic E-state index is -4.85. The van der Waals surface area contributed by atoms with Gasteiger partial charge in [-0.2, -0.15) is 0 Å². The molecule has 0 N–H and O–H groups in total. The van der Waals surface area contributed by atoms with Crippen molar-refractivity contribution in [2.24, 2.45) is 0 Å². The summed E-state index contributed by atoms with van der Waals surface area (Å²) in [5.41, 5.74) is 1.42. The number of aryl methyl sites for hydroxylation is 1. The van der Waals surface area contributed by atoms with E-state index < -0.39 is 6.98 Å². The first kappa shape index (κ1) is 15.4. The van der Waals surface area contributed by atoms with Crippen LogP contribution in [0.1, 0.15) is 18.1 Å². The van der Waals surface area contributed by atoms with Crippen molar-refractivity contribution >= 4 is 13.1 Å². The van der Waals surface area contributed by atoms with Crippen molar-refractivity contribution in [3.8, 4) is 0 Å². The van der Waals surface area contributed by atoms with Gasteiger partial charge >= 0.3 is 58.4 Å². The van der Waals surface area contributed by atoms with Crippen LogP contribution in [0.5, 0.6) is 0 Å². The van der Waals surface area contributed by atoms with E-state index in [4.69, 9.17) is 0 Å². The Balaban J connectivity index is 0.00000196. The second-order valence-corrected chi connectivity index (χ2v) is 2.96. The fraction of sp³-hybridized carbons (Fsp3) is 0.222. The SMILES string of the molecule is CCc1cncc(/C=C/[B-](F)(F)F)c1.[K+]. The van der Waals surface area contributed by atoms with E-state index >= 15 is 0 Å². The Morgan fingerprint density at radius 1 is 1.33 bits per heavy atom. The second-order valence-electron chi connectivity index (χ2n) is 2.96. The van der Waals surface area contributed by atoms with Crippen molar-refractivity contribution in [3.63, 3.8) is 0 Å². The smallest absolute Gasteiger partial charge is 0.445 e.